The quantitative estimate of drug-likeness (QED) is 0.117. The summed E-state index contributed by atoms with van der Waals surface area (Å²) in [6.07, 6.45) is 2.89. The molecule has 252 valence electrons. The molecule has 5 rings (SSSR count). The van der Waals surface area contributed by atoms with Crippen LogP contribution in [0.3, 0.4) is 0 Å². The normalized spacial score (nSPS) is 15.0. The monoisotopic (exact) mass is 670 g/mol. The van der Waals surface area contributed by atoms with Crippen molar-refractivity contribution in [3.05, 3.63) is 114 Å². The molecule has 1 aliphatic rings. The molecule has 1 aromatic heterocycles. The van der Waals surface area contributed by atoms with Crippen LogP contribution in [0.15, 0.2) is 87.8 Å². The van der Waals surface area contributed by atoms with Crippen LogP contribution in [0.4, 0.5) is 0 Å². The van der Waals surface area contributed by atoms with E-state index in [-0.39, 0.29) is 12.2 Å². The Labute approximate surface area is 284 Å². The topological polar surface area (TPSA) is 97.6 Å². The molecule has 9 nitrogen and oxygen atoms in total. The van der Waals surface area contributed by atoms with Gasteiger partial charge in [0.15, 0.2) is 16.3 Å². The van der Waals surface area contributed by atoms with Crippen LogP contribution < -0.4 is 33.8 Å². The van der Waals surface area contributed by atoms with Crippen LogP contribution in [-0.4, -0.2) is 44.1 Å². The summed E-state index contributed by atoms with van der Waals surface area (Å²) < 4.78 is 30.6. The molecule has 2 atom stereocenters. The Kier molecular flexibility index (Phi) is 11.4. The van der Waals surface area contributed by atoms with Crippen molar-refractivity contribution in [1.82, 2.24) is 4.57 Å². The molecule has 0 saturated carbocycles. The number of carbonyl (C=O) groups excluding carboxylic acids is 1. The molecule has 0 fully saturated rings. The standard InChI is InChI=1S/C38H42N2O7S/c1-7-24(4)27-11-17-30(18-12-27)46-20-21-47-31-19-10-26(22-32(31)44-8-2)23-33-36(41)40-35(28-13-15-29(43-6)16-14-28)34(37(42)45-9-3)25(5)39-38(40)48-33/h10-19,22-24,35H,7-9,20-21H2,1-6H3/b33-23-/t24-,35+/m1/s1. The average molecular weight is 671 g/mol. The van der Waals surface area contributed by atoms with E-state index >= 15 is 0 Å². The lowest BCUT2D eigenvalue weighted by Crippen LogP contribution is -2.39. The van der Waals surface area contributed by atoms with Gasteiger partial charge in [0.25, 0.3) is 5.56 Å². The van der Waals surface area contributed by atoms with Gasteiger partial charge >= 0.3 is 5.97 Å². The molecule has 0 bridgehead atoms. The maximum Gasteiger partial charge on any atom is 0.338 e. The number of aromatic nitrogens is 1. The Balaban J connectivity index is 1.40. The van der Waals surface area contributed by atoms with Gasteiger partial charge in [-0.1, -0.05) is 55.5 Å². The van der Waals surface area contributed by atoms with Gasteiger partial charge in [-0.15, -0.1) is 0 Å². The van der Waals surface area contributed by atoms with Gasteiger partial charge in [0.2, 0.25) is 0 Å². The van der Waals surface area contributed by atoms with Gasteiger partial charge in [-0.2, -0.15) is 0 Å². The number of benzene rings is 3. The third kappa shape index (κ3) is 7.65. The Morgan fingerprint density at radius 2 is 1.62 bits per heavy atom. The maximum absolute atomic E-state index is 14.0. The highest BCUT2D eigenvalue weighted by Gasteiger charge is 2.33. The number of nitrogens with zero attached hydrogens (tertiary/aromatic N) is 2. The average Bonchev–Trinajstić information content (AvgIpc) is 3.40. The van der Waals surface area contributed by atoms with Crippen LogP contribution in [0.25, 0.3) is 6.08 Å². The van der Waals surface area contributed by atoms with E-state index < -0.39 is 12.0 Å². The highest BCUT2D eigenvalue weighted by molar-refractivity contribution is 7.07. The second kappa shape index (κ2) is 15.8. The lowest BCUT2D eigenvalue weighted by Gasteiger charge is -2.24. The molecule has 1 aliphatic heterocycles. The molecule has 3 aromatic carbocycles. The van der Waals surface area contributed by atoms with Crippen LogP contribution in [0.1, 0.15) is 69.7 Å². The second-order valence-corrected chi connectivity index (χ2v) is 12.3. The van der Waals surface area contributed by atoms with Crippen LogP contribution in [0.2, 0.25) is 0 Å². The first-order valence-corrected chi connectivity index (χ1v) is 17.1. The largest absolute Gasteiger partial charge is 0.497 e. The predicted octanol–water partition coefficient (Wildman–Crippen LogP) is 6.18. The number of fused-ring (bicyclic) bond motifs is 1. The van der Waals surface area contributed by atoms with Gasteiger partial charge in [0.1, 0.15) is 24.7 Å². The van der Waals surface area contributed by atoms with Gasteiger partial charge in [-0.25, -0.2) is 9.79 Å². The lowest BCUT2D eigenvalue weighted by atomic mass is 9.96. The summed E-state index contributed by atoms with van der Waals surface area (Å²) in [5.74, 6) is 2.62. The highest BCUT2D eigenvalue weighted by atomic mass is 32.1. The number of carbonyl (C=O) groups is 1. The zero-order chi connectivity index (χ0) is 34.2. The highest BCUT2D eigenvalue weighted by Crippen LogP contribution is 2.32. The molecule has 48 heavy (non-hydrogen) atoms. The van der Waals surface area contributed by atoms with Crippen molar-refractivity contribution < 1.29 is 28.5 Å². The predicted molar refractivity (Wildman–Crippen MR) is 187 cm³/mol. The molecular weight excluding hydrogens is 628 g/mol. The summed E-state index contributed by atoms with van der Waals surface area (Å²) in [6, 6.07) is 20.3. The van der Waals surface area contributed by atoms with Crippen molar-refractivity contribution in [1.29, 1.82) is 0 Å². The molecule has 4 aromatic rings. The summed E-state index contributed by atoms with van der Waals surface area (Å²) in [7, 11) is 1.59. The van der Waals surface area contributed by atoms with Crippen molar-refractivity contribution in [2.24, 2.45) is 4.99 Å². The summed E-state index contributed by atoms with van der Waals surface area (Å²) in [4.78, 5) is 32.3. The molecule has 0 aliphatic carbocycles. The molecule has 0 unspecified atom stereocenters. The molecule has 0 amide bonds. The Morgan fingerprint density at radius 3 is 2.29 bits per heavy atom. The molecule has 10 heteroatoms. The summed E-state index contributed by atoms with van der Waals surface area (Å²) in [5.41, 5.74) is 3.37. The maximum atomic E-state index is 14.0. The van der Waals surface area contributed by atoms with Crippen molar-refractivity contribution in [2.45, 2.75) is 53.0 Å². The van der Waals surface area contributed by atoms with E-state index in [1.165, 1.54) is 16.9 Å². The van der Waals surface area contributed by atoms with E-state index in [1.807, 2.05) is 49.4 Å². The summed E-state index contributed by atoms with van der Waals surface area (Å²) in [5, 5.41) is 0. The minimum Gasteiger partial charge on any atom is -0.497 e. The summed E-state index contributed by atoms with van der Waals surface area (Å²) >= 11 is 1.26. The Bertz CT molecular complexity index is 1940. The Morgan fingerprint density at radius 1 is 0.917 bits per heavy atom. The van der Waals surface area contributed by atoms with E-state index in [4.69, 9.17) is 23.7 Å². The van der Waals surface area contributed by atoms with Gasteiger partial charge < -0.3 is 23.7 Å². The summed E-state index contributed by atoms with van der Waals surface area (Å²) in [6.45, 7) is 11.2. The van der Waals surface area contributed by atoms with Gasteiger partial charge in [0.05, 0.1) is 42.2 Å². The first-order chi connectivity index (χ1) is 23.3. The SMILES string of the molecule is CCOC(=O)C1=C(C)N=c2s/c(=C\c3ccc(OCCOc4ccc([C@H](C)CC)cc4)c(OCC)c3)c(=O)n2[C@H]1c1ccc(OC)cc1. The van der Waals surface area contributed by atoms with E-state index in [2.05, 4.69) is 31.0 Å². The van der Waals surface area contributed by atoms with Crippen LogP contribution in [0, 0.1) is 0 Å². The van der Waals surface area contributed by atoms with Crippen LogP contribution >= 0.6 is 11.3 Å². The molecule has 0 N–H and O–H groups in total. The third-order valence-electron chi connectivity index (χ3n) is 8.19. The number of esters is 1. The van der Waals surface area contributed by atoms with Gasteiger partial charge in [-0.3, -0.25) is 9.36 Å². The van der Waals surface area contributed by atoms with E-state index in [9.17, 15) is 9.59 Å². The smallest absolute Gasteiger partial charge is 0.338 e. The number of methoxy groups -OCH3 is 1. The van der Waals surface area contributed by atoms with E-state index in [0.29, 0.717) is 63.6 Å². The van der Waals surface area contributed by atoms with E-state index in [0.717, 1.165) is 23.3 Å². The van der Waals surface area contributed by atoms with Gasteiger partial charge in [0, 0.05) is 0 Å². The van der Waals surface area contributed by atoms with E-state index in [1.54, 1.807) is 43.7 Å². The first-order valence-electron chi connectivity index (χ1n) is 16.2. The fourth-order valence-electron chi connectivity index (χ4n) is 5.49. The minimum absolute atomic E-state index is 0.205. The van der Waals surface area contributed by atoms with Crippen molar-refractivity contribution in [3.63, 3.8) is 0 Å². The zero-order valence-corrected chi connectivity index (χ0v) is 29.1. The fourth-order valence-corrected chi connectivity index (χ4v) is 6.53. The molecule has 2 heterocycles. The number of hydrogen-bond donors (Lipinski definition) is 0. The Hall–Kier alpha value is -4.83. The second-order valence-electron chi connectivity index (χ2n) is 11.3. The third-order valence-corrected chi connectivity index (χ3v) is 9.17. The van der Waals surface area contributed by atoms with Crippen LogP contribution in [0.5, 0.6) is 23.0 Å². The first kappa shape index (κ1) is 34.5. The molecule has 0 spiro atoms. The van der Waals surface area contributed by atoms with Crippen molar-refractivity contribution >= 4 is 23.4 Å². The minimum atomic E-state index is -0.705. The van der Waals surface area contributed by atoms with Crippen LogP contribution in [-0.2, 0) is 9.53 Å². The molecule has 0 saturated heterocycles. The van der Waals surface area contributed by atoms with Crippen molar-refractivity contribution in [2.75, 3.05) is 33.5 Å². The number of allylic oxidation sites excluding steroid dienone is 1. The number of hydrogen-bond acceptors (Lipinski definition) is 9. The number of thiazole rings is 1. The lowest BCUT2D eigenvalue weighted by molar-refractivity contribution is -0.139. The van der Waals surface area contributed by atoms with Crippen molar-refractivity contribution in [3.8, 4) is 23.0 Å². The van der Waals surface area contributed by atoms with Gasteiger partial charge in [-0.05, 0) is 92.3 Å². The number of rotatable bonds is 14. The zero-order valence-electron chi connectivity index (χ0n) is 28.3. The molecule has 0 radical (unpaired) electrons. The number of ether oxygens (including phenoxy) is 5. The fraction of sp³-hybridized carbons (Fsp3) is 0.342. The molecular formula is C38H42N2O7S.